The summed E-state index contributed by atoms with van der Waals surface area (Å²) >= 11 is 5.09. The second-order valence-corrected chi connectivity index (χ2v) is 5.16. The Kier molecular flexibility index (Phi) is 4.35. The van der Waals surface area contributed by atoms with E-state index < -0.39 is 0 Å². The number of hydrogen-bond acceptors (Lipinski definition) is 3. The standard InChI is InChI=1S/C16H18N2OS/c1-4-13-15(8-6-11(3)18-13)19-14-7-5-10(2)9-12(14)16(17)20/h5-9H,4H2,1-3H3,(H2,17,20). The van der Waals surface area contributed by atoms with Crippen molar-refractivity contribution in [3.8, 4) is 11.5 Å². The summed E-state index contributed by atoms with van der Waals surface area (Å²) in [6.07, 6.45) is 0.811. The van der Waals surface area contributed by atoms with Gasteiger partial charge < -0.3 is 10.5 Å². The molecule has 0 unspecified atom stereocenters. The molecule has 0 atom stereocenters. The number of benzene rings is 1. The van der Waals surface area contributed by atoms with Crippen molar-refractivity contribution < 1.29 is 4.74 Å². The average Bonchev–Trinajstić information content (AvgIpc) is 2.42. The first-order chi connectivity index (χ1) is 9.51. The molecule has 0 aliphatic rings. The van der Waals surface area contributed by atoms with Gasteiger partial charge in [0, 0.05) is 5.69 Å². The third-order valence-electron chi connectivity index (χ3n) is 3.03. The van der Waals surface area contributed by atoms with Gasteiger partial charge in [-0.2, -0.15) is 0 Å². The molecule has 0 aliphatic heterocycles. The summed E-state index contributed by atoms with van der Waals surface area (Å²) in [6, 6.07) is 9.67. The van der Waals surface area contributed by atoms with E-state index in [0.29, 0.717) is 10.7 Å². The number of rotatable bonds is 4. The fraction of sp³-hybridized carbons (Fsp3) is 0.250. The minimum atomic E-state index is 0.335. The van der Waals surface area contributed by atoms with Crippen molar-refractivity contribution >= 4 is 17.2 Å². The van der Waals surface area contributed by atoms with Gasteiger partial charge in [-0.3, -0.25) is 4.98 Å². The van der Waals surface area contributed by atoms with Gasteiger partial charge in [0.05, 0.1) is 11.3 Å². The van der Waals surface area contributed by atoms with Crippen molar-refractivity contribution in [1.29, 1.82) is 0 Å². The van der Waals surface area contributed by atoms with E-state index in [4.69, 9.17) is 22.7 Å². The summed E-state index contributed by atoms with van der Waals surface area (Å²) in [5.74, 6) is 1.42. The molecule has 0 bridgehead atoms. The molecule has 104 valence electrons. The summed E-state index contributed by atoms with van der Waals surface area (Å²) in [5, 5.41) is 0. The minimum absolute atomic E-state index is 0.335. The molecule has 1 aromatic heterocycles. The average molecular weight is 286 g/mol. The van der Waals surface area contributed by atoms with E-state index in [9.17, 15) is 0 Å². The quantitative estimate of drug-likeness (QED) is 0.871. The van der Waals surface area contributed by atoms with Crippen LogP contribution in [0.25, 0.3) is 0 Å². The van der Waals surface area contributed by atoms with Gasteiger partial charge in [-0.05, 0) is 44.5 Å². The Labute approximate surface area is 124 Å². The van der Waals surface area contributed by atoms with Crippen LogP contribution < -0.4 is 10.5 Å². The highest BCUT2D eigenvalue weighted by atomic mass is 32.1. The molecule has 2 aromatic rings. The lowest BCUT2D eigenvalue weighted by molar-refractivity contribution is 0.472. The van der Waals surface area contributed by atoms with Crippen molar-refractivity contribution in [1.82, 2.24) is 4.98 Å². The molecule has 0 fully saturated rings. The van der Waals surface area contributed by atoms with E-state index in [1.165, 1.54) is 0 Å². The fourth-order valence-corrected chi connectivity index (χ4v) is 2.15. The molecule has 0 spiro atoms. The van der Waals surface area contributed by atoms with Gasteiger partial charge >= 0.3 is 0 Å². The van der Waals surface area contributed by atoms with Crippen LogP contribution in [-0.2, 0) is 6.42 Å². The Morgan fingerprint density at radius 1 is 1.20 bits per heavy atom. The maximum atomic E-state index is 5.97. The van der Waals surface area contributed by atoms with Gasteiger partial charge in [0.25, 0.3) is 0 Å². The molecule has 1 heterocycles. The van der Waals surface area contributed by atoms with Crippen LogP contribution in [0.4, 0.5) is 0 Å². The van der Waals surface area contributed by atoms with Gasteiger partial charge in [0.15, 0.2) is 0 Å². The highest BCUT2D eigenvalue weighted by molar-refractivity contribution is 7.80. The Morgan fingerprint density at radius 2 is 1.90 bits per heavy atom. The molecule has 1 aromatic carbocycles. The summed E-state index contributed by atoms with van der Waals surface area (Å²) in [5.41, 5.74) is 9.52. The van der Waals surface area contributed by atoms with Crippen LogP contribution in [0, 0.1) is 13.8 Å². The molecular formula is C16H18N2OS. The Bertz CT molecular complexity index is 653. The first-order valence-corrected chi connectivity index (χ1v) is 6.97. The van der Waals surface area contributed by atoms with E-state index in [1.54, 1.807) is 0 Å². The summed E-state index contributed by atoms with van der Waals surface area (Å²) < 4.78 is 5.97. The van der Waals surface area contributed by atoms with Crippen LogP contribution in [0.1, 0.15) is 29.4 Å². The maximum Gasteiger partial charge on any atom is 0.148 e. The number of nitrogens with zero attached hydrogens (tertiary/aromatic N) is 1. The third kappa shape index (κ3) is 3.14. The largest absolute Gasteiger partial charge is 0.455 e. The van der Waals surface area contributed by atoms with Gasteiger partial charge in [-0.25, -0.2) is 0 Å². The van der Waals surface area contributed by atoms with Crippen LogP contribution in [0.2, 0.25) is 0 Å². The van der Waals surface area contributed by atoms with E-state index >= 15 is 0 Å². The zero-order valence-electron chi connectivity index (χ0n) is 11.9. The number of nitrogens with two attached hydrogens (primary N) is 1. The van der Waals surface area contributed by atoms with Gasteiger partial charge in [0.2, 0.25) is 0 Å². The molecule has 0 amide bonds. The fourth-order valence-electron chi connectivity index (χ4n) is 1.99. The molecule has 2 rings (SSSR count). The highest BCUT2D eigenvalue weighted by Gasteiger charge is 2.11. The Morgan fingerprint density at radius 3 is 2.55 bits per heavy atom. The van der Waals surface area contributed by atoms with Gasteiger partial charge in [-0.15, -0.1) is 0 Å². The van der Waals surface area contributed by atoms with Crippen LogP contribution in [0.15, 0.2) is 30.3 Å². The molecule has 0 radical (unpaired) electrons. The summed E-state index contributed by atoms with van der Waals surface area (Å²) in [7, 11) is 0. The second kappa shape index (κ2) is 6.01. The monoisotopic (exact) mass is 286 g/mol. The SMILES string of the molecule is CCc1nc(C)ccc1Oc1ccc(C)cc1C(N)=S. The molecular weight excluding hydrogens is 268 g/mol. The number of pyridine rings is 1. The zero-order chi connectivity index (χ0) is 14.7. The minimum Gasteiger partial charge on any atom is -0.455 e. The van der Waals surface area contributed by atoms with Crippen LogP contribution >= 0.6 is 12.2 Å². The smallest absolute Gasteiger partial charge is 0.148 e. The summed E-state index contributed by atoms with van der Waals surface area (Å²) in [4.78, 5) is 4.83. The predicted octanol–water partition coefficient (Wildman–Crippen LogP) is 3.69. The topological polar surface area (TPSA) is 48.1 Å². The van der Waals surface area contributed by atoms with E-state index in [-0.39, 0.29) is 0 Å². The molecule has 0 saturated carbocycles. The number of ether oxygens (including phenoxy) is 1. The van der Waals surface area contributed by atoms with Crippen molar-refractivity contribution in [2.75, 3.05) is 0 Å². The molecule has 4 heteroatoms. The first-order valence-electron chi connectivity index (χ1n) is 6.56. The lowest BCUT2D eigenvalue weighted by atomic mass is 10.1. The van der Waals surface area contributed by atoms with Gasteiger partial charge in [0.1, 0.15) is 16.5 Å². The van der Waals surface area contributed by atoms with Crippen LogP contribution in [0.5, 0.6) is 11.5 Å². The molecule has 0 saturated heterocycles. The maximum absolute atomic E-state index is 5.97. The number of hydrogen-bond donors (Lipinski definition) is 1. The Balaban J connectivity index is 2.42. The van der Waals surface area contributed by atoms with E-state index in [2.05, 4.69) is 11.9 Å². The van der Waals surface area contributed by atoms with E-state index in [0.717, 1.165) is 34.7 Å². The Hall–Kier alpha value is -1.94. The first kappa shape index (κ1) is 14.5. The van der Waals surface area contributed by atoms with Crippen molar-refractivity contribution in [3.63, 3.8) is 0 Å². The number of thiocarbonyl (C=S) groups is 1. The van der Waals surface area contributed by atoms with Gasteiger partial charge in [-0.1, -0.05) is 30.8 Å². The molecule has 20 heavy (non-hydrogen) atoms. The van der Waals surface area contributed by atoms with Crippen molar-refractivity contribution in [2.24, 2.45) is 5.73 Å². The lowest BCUT2D eigenvalue weighted by Crippen LogP contribution is -2.11. The highest BCUT2D eigenvalue weighted by Crippen LogP contribution is 2.28. The number of aryl methyl sites for hydroxylation is 3. The van der Waals surface area contributed by atoms with Crippen LogP contribution in [0.3, 0.4) is 0 Å². The molecule has 0 aliphatic carbocycles. The number of aromatic nitrogens is 1. The third-order valence-corrected chi connectivity index (χ3v) is 3.25. The van der Waals surface area contributed by atoms with Crippen molar-refractivity contribution in [2.45, 2.75) is 27.2 Å². The molecule has 3 nitrogen and oxygen atoms in total. The van der Waals surface area contributed by atoms with Crippen molar-refractivity contribution in [3.05, 3.63) is 52.8 Å². The predicted molar refractivity (Wildman–Crippen MR) is 85.5 cm³/mol. The lowest BCUT2D eigenvalue weighted by Gasteiger charge is -2.13. The molecule has 2 N–H and O–H groups in total. The zero-order valence-corrected chi connectivity index (χ0v) is 12.8. The van der Waals surface area contributed by atoms with E-state index in [1.807, 2.05) is 44.2 Å². The normalized spacial score (nSPS) is 10.3. The van der Waals surface area contributed by atoms with Crippen LogP contribution in [-0.4, -0.2) is 9.97 Å². The summed E-state index contributed by atoms with van der Waals surface area (Å²) in [6.45, 7) is 6.02. The second-order valence-electron chi connectivity index (χ2n) is 4.72.